The third-order valence-electron chi connectivity index (χ3n) is 3.33. The van der Waals surface area contributed by atoms with Gasteiger partial charge in [0.05, 0.1) is 18.1 Å². The Hall–Kier alpha value is -0.950. The Bertz CT molecular complexity index is 573. The number of nitrogens with one attached hydrogen (secondary N) is 1. The smallest absolute Gasteiger partial charge is 0.243 e. The van der Waals surface area contributed by atoms with Crippen molar-refractivity contribution in [1.82, 2.24) is 9.62 Å². The first-order valence-corrected chi connectivity index (χ1v) is 8.65. The molecule has 0 radical (unpaired) electrons. The van der Waals surface area contributed by atoms with Gasteiger partial charge in [0.1, 0.15) is 0 Å². The first-order valence-electron chi connectivity index (χ1n) is 7.21. The lowest BCUT2D eigenvalue weighted by atomic mass is 10.1. The van der Waals surface area contributed by atoms with Crippen LogP contribution in [0.1, 0.15) is 26.3 Å². The molecule has 0 aromatic heterocycles. The van der Waals surface area contributed by atoms with Gasteiger partial charge in [0.2, 0.25) is 10.0 Å². The second-order valence-corrected chi connectivity index (χ2v) is 8.21. The van der Waals surface area contributed by atoms with Crippen molar-refractivity contribution in [3.63, 3.8) is 0 Å². The fourth-order valence-corrected chi connectivity index (χ4v) is 3.60. The Morgan fingerprint density at radius 2 is 1.90 bits per heavy atom. The van der Waals surface area contributed by atoms with Crippen molar-refractivity contribution >= 4 is 10.0 Å². The largest absolute Gasteiger partial charge is 0.379 e. The molecule has 6 heteroatoms. The van der Waals surface area contributed by atoms with Crippen LogP contribution < -0.4 is 5.32 Å². The molecule has 2 rings (SSSR count). The number of sulfonamides is 1. The molecule has 0 spiro atoms. The highest BCUT2D eigenvalue weighted by atomic mass is 32.2. The Morgan fingerprint density at radius 1 is 1.24 bits per heavy atom. The minimum atomic E-state index is -3.41. The first kappa shape index (κ1) is 16.4. The number of hydrogen-bond acceptors (Lipinski definition) is 4. The van der Waals surface area contributed by atoms with E-state index in [-0.39, 0.29) is 5.54 Å². The minimum Gasteiger partial charge on any atom is -0.379 e. The van der Waals surface area contributed by atoms with Gasteiger partial charge in [-0.1, -0.05) is 12.1 Å². The zero-order valence-corrected chi connectivity index (χ0v) is 13.7. The summed E-state index contributed by atoms with van der Waals surface area (Å²) in [5.74, 6) is 0. The summed E-state index contributed by atoms with van der Waals surface area (Å²) in [7, 11) is -3.41. The molecule has 1 aromatic carbocycles. The molecule has 1 aliphatic rings. The number of morpholine rings is 1. The SMILES string of the molecule is CC(C)(C)NCc1cccc(S(=O)(=O)N2CCOCC2)c1. The van der Waals surface area contributed by atoms with Crippen LogP contribution in [0.2, 0.25) is 0 Å². The molecule has 1 N–H and O–H groups in total. The lowest BCUT2D eigenvalue weighted by Gasteiger charge is -2.26. The molecule has 0 bridgehead atoms. The number of rotatable bonds is 4. The summed E-state index contributed by atoms with van der Waals surface area (Å²) in [6.07, 6.45) is 0. The molecule has 1 aliphatic heterocycles. The van der Waals surface area contributed by atoms with E-state index < -0.39 is 10.0 Å². The molecule has 0 atom stereocenters. The zero-order chi connectivity index (χ0) is 15.5. The molecule has 118 valence electrons. The summed E-state index contributed by atoms with van der Waals surface area (Å²) in [6, 6.07) is 7.15. The average molecular weight is 312 g/mol. The Balaban J connectivity index is 2.16. The van der Waals surface area contributed by atoms with Gasteiger partial charge in [-0.15, -0.1) is 0 Å². The van der Waals surface area contributed by atoms with E-state index in [1.165, 1.54) is 4.31 Å². The summed E-state index contributed by atoms with van der Waals surface area (Å²) >= 11 is 0. The topological polar surface area (TPSA) is 58.6 Å². The molecule has 21 heavy (non-hydrogen) atoms. The van der Waals surface area contributed by atoms with Gasteiger partial charge >= 0.3 is 0 Å². The van der Waals surface area contributed by atoms with Gasteiger partial charge in [0.25, 0.3) is 0 Å². The maximum atomic E-state index is 12.6. The van der Waals surface area contributed by atoms with Crippen molar-refractivity contribution in [3.05, 3.63) is 29.8 Å². The van der Waals surface area contributed by atoms with Gasteiger partial charge in [-0.3, -0.25) is 0 Å². The quantitative estimate of drug-likeness (QED) is 0.917. The molecule has 5 nitrogen and oxygen atoms in total. The van der Waals surface area contributed by atoms with Crippen molar-refractivity contribution in [2.24, 2.45) is 0 Å². The minimum absolute atomic E-state index is 0.000904. The van der Waals surface area contributed by atoms with Crippen molar-refractivity contribution < 1.29 is 13.2 Å². The Labute approximate surface area is 127 Å². The van der Waals surface area contributed by atoms with E-state index in [1.54, 1.807) is 18.2 Å². The predicted molar refractivity (Wildman–Crippen MR) is 82.6 cm³/mol. The van der Waals surface area contributed by atoms with E-state index in [4.69, 9.17) is 4.74 Å². The highest BCUT2D eigenvalue weighted by Gasteiger charge is 2.26. The van der Waals surface area contributed by atoms with Crippen molar-refractivity contribution in [3.8, 4) is 0 Å². The Morgan fingerprint density at radius 3 is 2.52 bits per heavy atom. The maximum Gasteiger partial charge on any atom is 0.243 e. The van der Waals surface area contributed by atoms with Crippen molar-refractivity contribution in [2.45, 2.75) is 37.8 Å². The van der Waals surface area contributed by atoms with Crippen LogP contribution in [-0.4, -0.2) is 44.6 Å². The first-order chi connectivity index (χ1) is 9.79. The standard InChI is InChI=1S/C15H24N2O3S/c1-15(2,3)16-12-13-5-4-6-14(11-13)21(18,19)17-7-9-20-10-8-17/h4-6,11,16H,7-10,12H2,1-3H3. The second-order valence-electron chi connectivity index (χ2n) is 6.27. The van der Waals surface area contributed by atoms with Crippen LogP contribution in [0, 0.1) is 0 Å². The molecule has 1 saturated heterocycles. The summed E-state index contributed by atoms with van der Waals surface area (Å²) in [6.45, 7) is 8.68. The molecule has 0 saturated carbocycles. The van der Waals surface area contributed by atoms with Gasteiger partial charge in [0.15, 0.2) is 0 Å². The lowest BCUT2D eigenvalue weighted by molar-refractivity contribution is 0.0730. The van der Waals surface area contributed by atoms with Gasteiger partial charge in [-0.2, -0.15) is 4.31 Å². The van der Waals surface area contributed by atoms with E-state index in [9.17, 15) is 8.42 Å². The van der Waals surface area contributed by atoms with E-state index in [0.29, 0.717) is 37.7 Å². The van der Waals surface area contributed by atoms with Gasteiger partial charge in [0, 0.05) is 25.2 Å². The summed E-state index contributed by atoms with van der Waals surface area (Å²) in [5, 5.41) is 3.37. The second kappa shape index (κ2) is 6.44. The normalized spacial score (nSPS) is 17.9. The number of nitrogens with zero attached hydrogens (tertiary/aromatic N) is 1. The summed E-state index contributed by atoms with van der Waals surface area (Å²) in [5.41, 5.74) is 0.971. The number of benzene rings is 1. The lowest BCUT2D eigenvalue weighted by Crippen LogP contribution is -2.40. The molecule has 1 aromatic rings. The van der Waals surface area contributed by atoms with Crippen LogP contribution >= 0.6 is 0 Å². The Kier molecular flexibility index (Phi) is 5.03. The maximum absolute atomic E-state index is 12.6. The molecular weight excluding hydrogens is 288 g/mol. The van der Waals surface area contributed by atoms with E-state index in [2.05, 4.69) is 26.1 Å². The van der Waals surface area contributed by atoms with Crippen LogP contribution in [-0.2, 0) is 21.3 Å². The summed E-state index contributed by atoms with van der Waals surface area (Å²) in [4.78, 5) is 0.359. The van der Waals surface area contributed by atoms with Crippen LogP contribution in [0.25, 0.3) is 0 Å². The van der Waals surface area contributed by atoms with Gasteiger partial charge in [-0.25, -0.2) is 8.42 Å². The molecule has 0 unspecified atom stereocenters. The predicted octanol–water partition coefficient (Wildman–Crippen LogP) is 1.60. The molecule has 1 fully saturated rings. The third-order valence-corrected chi connectivity index (χ3v) is 5.22. The third kappa shape index (κ3) is 4.51. The highest BCUT2D eigenvalue weighted by molar-refractivity contribution is 7.89. The van der Waals surface area contributed by atoms with Crippen molar-refractivity contribution in [1.29, 1.82) is 0 Å². The van der Waals surface area contributed by atoms with Gasteiger partial charge in [-0.05, 0) is 38.5 Å². The fourth-order valence-electron chi connectivity index (χ4n) is 2.12. The number of ether oxygens (including phenoxy) is 1. The summed E-state index contributed by atoms with van der Waals surface area (Å²) < 4.78 is 31.9. The fraction of sp³-hybridized carbons (Fsp3) is 0.600. The number of hydrogen-bond donors (Lipinski definition) is 1. The van der Waals surface area contributed by atoms with Crippen LogP contribution in [0.3, 0.4) is 0 Å². The van der Waals surface area contributed by atoms with E-state index in [0.717, 1.165) is 5.56 Å². The zero-order valence-electron chi connectivity index (χ0n) is 12.9. The van der Waals surface area contributed by atoms with Gasteiger partial charge < -0.3 is 10.1 Å². The average Bonchev–Trinajstić information content (AvgIpc) is 2.46. The molecule has 1 heterocycles. The van der Waals surface area contributed by atoms with E-state index in [1.807, 2.05) is 6.07 Å². The van der Waals surface area contributed by atoms with Crippen LogP contribution in [0.5, 0.6) is 0 Å². The molecule has 0 aliphatic carbocycles. The monoisotopic (exact) mass is 312 g/mol. The van der Waals surface area contributed by atoms with Crippen LogP contribution in [0.4, 0.5) is 0 Å². The van der Waals surface area contributed by atoms with E-state index >= 15 is 0 Å². The van der Waals surface area contributed by atoms with Crippen molar-refractivity contribution in [2.75, 3.05) is 26.3 Å². The van der Waals surface area contributed by atoms with Crippen LogP contribution in [0.15, 0.2) is 29.2 Å². The molecular formula is C15H24N2O3S. The highest BCUT2D eigenvalue weighted by Crippen LogP contribution is 2.18. The molecule has 0 amide bonds.